The van der Waals surface area contributed by atoms with Gasteiger partial charge < -0.3 is 4.90 Å². The fraction of sp³-hybridized carbons (Fsp3) is 0.944. The third kappa shape index (κ3) is 8.45. The van der Waals surface area contributed by atoms with Crippen molar-refractivity contribution in [3.8, 4) is 0 Å². The van der Waals surface area contributed by atoms with Gasteiger partial charge in [-0.3, -0.25) is 4.79 Å². The summed E-state index contributed by atoms with van der Waals surface area (Å²) in [5, 5.41) is 0. The average molecular weight is 295 g/mol. The van der Waals surface area contributed by atoms with E-state index in [1.807, 2.05) is 4.90 Å². The molecule has 0 aromatic rings. The lowest BCUT2D eigenvalue weighted by atomic mass is 10.0. The Morgan fingerprint density at radius 1 is 0.905 bits per heavy atom. The number of amides is 1. The lowest BCUT2D eigenvalue weighted by molar-refractivity contribution is -0.133. The van der Waals surface area contributed by atoms with Crippen molar-refractivity contribution in [2.75, 3.05) is 13.1 Å². The number of hydrogen-bond acceptors (Lipinski definition) is 1. The first-order chi connectivity index (χ1) is 10.3. The summed E-state index contributed by atoms with van der Waals surface area (Å²) in [7, 11) is 0. The number of likely N-dealkylation sites (tertiary alicyclic amines) is 1. The highest BCUT2D eigenvalue weighted by Crippen LogP contribution is 2.14. The van der Waals surface area contributed by atoms with Gasteiger partial charge in [0.1, 0.15) is 6.04 Å². The van der Waals surface area contributed by atoms with Gasteiger partial charge in [0.15, 0.2) is 0 Å². The average Bonchev–Trinajstić information content (AvgIpc) is 2.53. The Kier molecular flexibility index (Phi) is 10.6. The van der Waals surface area contributed by atoms with Gasteiger partial charge in [0.05, 0.1) is 0 Å². The molecule has 3 nitrogen and oxygen atoms in total. The van der Waals surface area contributed by atoms with Crippen LogP contribution in [0.2, 0.25) is 0 Å². The fourth-order valence-corrected chi connectivity index (χ4v) is 3.12. The van der Waals surface area contributed by atoms with Gasteiger partial charge in [-0.15, -0.1) is 0 Å². The van der Waals surface area contributed by atoms with E-state index < -0.39 is 6.04 Å². The van der Waals surface area contributed by atoms with Crippen molar-refractivity contribution in [3.05, 3.63) is 0 Å². The summed E-state index contributed by atoms with van der Waals surface area (Å²) in [6.07, 6.45) is 15.9. The van der Waals surface area contributed by atoms with E-state index in [0.29, 0.717) is 0 Å². The summed E-state index contributed by atoms with van der Waals surface area (Å²) in [4.78, 5) is 14.0. The van der Waals surface area contributed by atoms with E-state index in [4.69, 9.17) is 5.73 Å². The lowest BCUT2D eigenvalue weighted by Gasteiger charge is -2.28. The summed E-state index contributed by atoms with van der Waals surface area (Å²) >= 11 is 0. The SMILES string of the molecule is CCCCCCCCCCCC([NH])C(=O)N1CCCCC1. The molecule has 1 unspecified atom stereocenters. The van der Waals surface area contributed by atoms with Crippen LogP contribution in [0.15, 0.2) is 0 Å². The number of carbonyl (C=O) groups is 1. The Morgan fingerprint density at radius 3 is 2.00 bits per heavy atom. The van der Waals surface area contributed by atoms with E-state index in [1.54, 1.807) is 0 Å². The minimum absolute atomic E-state index is 0.0780. The van der Waals surface area contributed by atoms with Gasteiger partial charge >= 0.3 is 0 Å². The monoisotopic (exact) mass is 295 g/mol. The predicted molar refractivity (Wildman–Crippen MR) is 89.2 cm³/mol. The van der Waals surface area contributed by atoms with Gasteiger partial charge in [0, 0.05) is 13.1 Å². The van der Waals surface area contributed by atoms with Crippen LogP contribution in [-0.4, -0.2) is 29.9 Å². The maximum absolute atomic E-state index is 12.1. The molecular formula is C18H35N2O. The molecule has 1 radical (unpaired) electrons. The van der Waals surface area contributed by atoms with Crippen molar-refractivity contribution in [3.63, 3.8) is 0 Å². The van der Waals surface area contributed by atoms with Gasteiger partial charge in [0.2, 0.25) is 5.91 Å². The minimum atomic E-state index is -0.507. The molecule has 1 saturated heterocycles. The molecular weight excluding hydrogens is 260 g/mol. The number of nitrogens with one attached hydrogen (secondary N) is 1. The van der Waals surface area contributed by atoms with Crippen LogP contribution in [0.25, 0.3) is 0 Å². The number of nitrogens with zero attached hydrogens (tertiary/aromatic N) is 1. The Bertz CT molecular complexity index is 262. The van der Waals surface area contributed by atoms with Gasteiger partial charge in [-0.05, 0) is 25.7 Å². The smallest absolute Gasteiger partial charge is 0.241 e. The van der Waals surface area contributed by atoms with E-state index in [9.17, 15) is 4.79 Å². The van der Waals surface area contributed by atoms with Crippen molar-refractivity contribution >= 4 is 5.91 Å². The third-order valence-corrected chi connectivity index (χ3v) is 4.56. The first kappa shape index (κ1) is 18.5. The molecule has 1 heterocycles. The number of rotatable bonds is 11. The second-order valence-corrected chi connectivity index (χ2v) is 6.56. The molecule has 1 rings (SSSR count). The van der Waals surface area contributed by atoms with Crippen LogP contribution in [0.5, 0.6) is 0 Å². The first-order valence-electron chi connectivity index (χ1n) is 9.25. The molecule has 1 aliphatic rings. The second kappa shape index (κ2) is 12.0. The zero-order valence-electron chi connectivity index (χ0n) is 14.0. The lowest BCUT2D eigenvalue weighted by Crippen LogP contribution is -2.42. The fourth-order valence-electron chi connectivity index (χ4n) is 3.12. The van der Waals surface area contributed by atoms with E-state index in [-0.39, 0.29) is 5.91 Å². The minimum Gasteiger partial charge on any atom is -0.341 e. The van der Waals surface area contributed by atoms with E-state index >= 15 is 0 Å². The second-order valence-electron chi connectivity index (χ2n) is 6.56. The molecule has 21 heavy (non-hydrogen) atoms. The highest BCUT2D eigenvalue weighted by Gasteiger charge is 2.22. The zero-order valence-corrected chi connectivity index (χ0v) is 14.0. The molecule has 1 N–H and O–H groups in total. The van der Waals surface area contributed by atoms with Crippen LogP contribution in [0, 0.1) is 0 Å². The first-order valence-corrected chi connectivity index (χ1v) is 9.25. The molecule has 0 bridgehead atoms. The highest BCUT2D eigenvalue weighted by molar-refractivity contribution is 5.81. The number of piperidine rings is 1. The maximum Gasteiger partial charge on any atom is 0.241 e. The topological polar surface area (TPSA) is 44.1 Å². The van der Waals surface area contributed by atoms with Crippen LogP contribution in [0.1, 0.15) is 90.4 Å². The summed E-state index contributed by atoms with van der Waals surface area (Å²) < 4.78 is 0. The molecule has 0 aliphatic carbocycles. The molecule has 0 aromatic carbocycles. The van der Waals surface area contributed by atoms with Crippen LogP contribution >= 0.6 is 0 Å². The van der Waals surface area contributed by atoms with Gasteiger partial charge in [-0.25, -0.2) is 5.73 Å². The van der Waals surface area contributed by atoms with Crippen molar-refractivity contribution < 1.29 is 4.79 Å². The number of hydrogen-bond donors (Lipinski definition) is 0. The van der Waals surface area contributed by atoms with Gasteiger partial charge in [-0.1, -0.05) is 64.7 Å². The summed E-state index contributed by atoms with van der Waals surface area (Å²) in [5.74, 6) is 0.0780. The van der Waals surface area contributed by atoms with Crippen LogP contribution in [-0.2, 0) is 4.79 Å². The van der Waals surface area contributed by atoms with Crippen molar-refractivity contribution in [1.29, 1.82) is 0 Å². The van der Waals surface area contributed by atoms with Gasteiger partial charge in [-0.2, -0.15) is 0 Å². The van der Waals surface area contributed by atoms with Crippen LogP contribution in [0.4, 0.5) is 0 Å². The van der Waals surface area contributed by atoms with Crippen LogP contribution < -0.4 is 5.73 Å². The quantitative estimate of drug-likeness (QED) is 0.515. The van der Waals surface area contributed by atoms with Crippen molar-refractivity contribution in [2.24, 2.45) is 0 Å². The Labute approximate surface area is 131 Å². The molecule has 0 aromatic heterocycles. The third-order valence-electron chi connectivity index (χ3n) is 4.56. The normalized spacial score (nSPS) is 17.0. The molecule has 1 aliphatic heterocycles. The summed E-state index contributed by atoms with van der Waals surface area (Å²) in [6.45, 7) is 4.01. The van der Waals surface area contributed by atoms with E-state index in [2.05, 4.69) is 6.92 Å². The molecule has 0 spiro atoms. The molecule has 0 saturated carbocycles. The van der Waals surface area contributed by atoms with Crippen LogP contribution in [0.3, 0.4) is 0 Å². The molecule has 3 heteroatoms. The molecule has 1 amide bonds. The Balaban J connectivity index is 1.95. The zero-order chi connectivity index (χ0) is 15.3. The highest BCUT2D eigenvalue weighted by atomic mass is 16.2. The summed E-state index contributed by atoms with van der Waals surface area (Å²) in [6, 6.07) is -0.507. The maximum atomic E-state index is 12.1. The molecule has 123 valence electrons. The standard InChI is InChI=1S/C18H35N2O/c1-2-3-4-5-6-7-8-9-11-14-17(19)18(21)20-15-12-10-13-16-20/h17,19H,2-16H2,1H3. The molecule has 1 fully saturated rings. The van der Waals surface area contributed by atoms with E-state index in [1.165, 1.54) is 57.8 Å². The molecule has 1 atom stereocenters. The van der Waals surface area contributed by atoms with Crippen molar-refractivity contribution in [2.45, 2.75) is 96.4 Å². The van der Waals surface area contributed by atoms with Crippen molar-refractivity contribution in [1.82, 2.24) is 10.6 Å². The summed E-state index contributed by atoms with van der Waals surface area (Å²) in [5.41, 5.74) is 8.02. The Hall–Kier alpha value is -0.570. The van der Waals surface area contributed by atoms with Gasteiger partial charge in [0.25, 0.3) is 0 Å². The predicted octanol–water partition coefficient (Wildman–Crippen LogP) is 4.57. The largest absolute Gasteiger partial charge is 0.341 e. The number of unbranched alkanes of at least 4 members (excludes halogenated alkanes) is 8. The van der Waals surface area contributed by atoms with E-state index in [0.717, 1.165) is 38.8 Å². The number of carbonyl (C=O) groups excluding carboxylic acids is 1. The Morgan fingerprint density at radius 2 is 1.43 bits per heavy atom.